The molecule has 0 radical (unpaired) electrons. The third kappa shape index (κ3) is 4.57. The number of likely N-dealkylation sites (tertiary alicyclic amines) is 2. The number of hydrogen-bond acceptors (Lipinski definition) is 6. The van der Waals surface area contributed by atoms with Gasteiger partial charge in [0, 0.05) is 44.1 Å². The van der Waals surface area contributed by atoms with Gasteiger partial charge in [-0.05, 0) is 31.0 Å². The van der Waals surface area contributed by atoms with Crippen molar-refractivity contribution in [1.29, 1.82) is 5.26 Å². The molecule has 2 aromatic rings. The standard InChI is InChI=1S/C23H28FN5O2/c1-27(20-9-16-3-4-21(31-2)11-22(16)26-13-20)18-5-7-28(8-6-18)15-23(30)29-14-17(24)10-19(29)12-25/h3-4,9,11,13,17-19H,5-8,10,14-15H2,1-2H3/t17-,19-/m0/s1. The zero-order valence-electron chi connectivity index (χ0n) is 18.0. The molecule has 164 valence electrons. The van der Waals surface area contributed by atoms with Crippen molar-refractivity contribution in [3.8, 4) is 11.8 Å². The zero-order valence-corrected chi connectivity index (χ0v) is 18.0. The number of aromatic nitrogens is 1. The molecular weight excluding hydrogens is 397 g/mol. The molecule has 0 bridgehead atoms. The van der Waals surface area contributed by atoms with Crippen LogP contribution in [-0.2, 0) is 4.79 Å². The Morgan fingerprint density at radius 3 is 2.84 bits per heavy atom. The van der Waals surface area contributed by atoms with Gasteiger partial charge in [-0.25, -0.2) is 4.39 Å². The highest BCUT2D eigenvalue weighted by Crippen LogP contribution is 2.27. The Morgan fingerprint density at radius 2 is 2.13 bits per heavy atom. The summed E-state index contributed by atoms with van der Waals surface area (Å²) < 4.78 is 18.9. The van der Waals surface area contributed by atoms with Crippen LogP contribution >= 0.6 is 0 Å². The fourth-order valence-corrected chi connectivity index (χ4v) is 4.55. The van der Waals surface area contributed by atoms with E-state index >= 15 is 0 Å². The first-order chi connectivity index (χ1) is 15.0. The molecule has 2 fully saturated rings. The topological polar surface area (TPSA) is 72.7 Å². The number of carbonyl (C=O) groups is 1. The van der Waals surface area contributed by atoms with Gasteiger partial charge in [-0.2, -0.15) is 5.26 Å². The van der Waals surface area contributed by atoms with Crippen LogP contribution in [0.4, 0.5) is 10.1 Å². The number of amides is 1. The molecule has 0 N–H and O–H groups in total. The van der Waals surface area contributed by atoms with Gasteiger partial charge in [0.2, 0.25) is 5.91 Å². The highest BCUT2D eigenvalue weighted by Gasteiger charge is 2.36. The highest BCUT2D eigenvalue weighted by atomic mass is 19.1. The molecule has 1 aromatic heterocycles. The van der Waals surface area contributed by atoms with Crippen molar-refractivity contribution < 1.29 is 13.9 Å². The Hall–Kier alpha value is -2.92. The summed E-state index contributed by atoms with van der Waals surface area (Å²) in [5, 5.41) is 10.2. The lowest BCUT2D eigenvalue weighted by Crippen LogP contribution is -2.48. The predicted octanol–water partition coefficient (Wildman–Crippen LogP) is 2.61. The first kappa shape index (κ1) is 21.3. The van der Waals surface area contributed by atoms with Gasteiger partial charge >= 0.3 is 0 Å². The molecule has 3 heterocycles. The lowest BCUT2D eigenvalue weighted by molar-refractivity contribution is -0.132. The minimum absolute atomic E-state index is 0.0388. The van der Waals surface area contributed by atoms with Crippen LogP contribution < -0.4 is 9.64 Å². The van der Waals surface area contributed by atoms with Crippen molar-refractivity contribution in [3.05, 3.63) is 30.5 Å². The fraction of sp³-hybridized carbons (Fsp3) is 0.522. The van der Waals surface area contributed by atoms with Crippen molar-refractivity contribution in [3.63, 3.8) is 0 Å². The number of piperidine rings is 1. The molecular formula is C23H28FN5O2. The number of hydrogen-bond donors (Lipinski definition) is 0. The molecule has 1 amide bonds. The van der Waals surface area contributed by atoms with Crippen LogP contribution in [0.1, 0.15) is 19.3 Å². The van der Waals surface area contributed by atoms with E-state index in [-0.39, 0.29) is 25.4 Å². The maximum Gasteiger partial charge on any atom is 0.237 e. The number of nitrogens with zero attached hydrogens (tertiary/aromatic N) is 5. The molecule has 7 nitrogen and oxygen atoms in total. The van der Waals surface area contributed by atoms with Crippen LogP contribution in [0, 0.1) is 11.3 Å². The van der Waals surface area contributed by atoms with E-state index in [1.807, 2.05) is 30.5 Å². The second kappa shape index (κ2) is 9.06. The van der Waals surface area contributed by atoms with Crippen molar-refractivity contribution in [1.82, 2.24) is 14.8 Å². The largest absolute Gasteiger partial charge is 0.497 e. The van der Waals surface area contributed by atoms with Gasteiger partial charge in [0.1, 0.15) is 18.0 Å². The van der Waals surface area contributed by atoms with Crippen molar-refractivity contribution in [2.45, 2.75) is 37.5 Å². The van der Waals surface area contributed by atoms with E-state index in [4.69, 9.17) is 10.00 Å². The lowest BCUT2D eigenvalue weighted by Gasteiger charge is -2.38. The van der Waals surface area contributed by atoms with E-state index < -0.39 is 12.2 Å². The van der Waals surface area contributed by atoms with Crippen molar-refractivity contribution in [2.75, 3.05) is 45.2 Å². The Balaban J connectivity index is 1.33. The van der Waals surface area contributed by atoms with Gasteiger partial charge in [-0.1, -0.05) is 0 Å². The predicted molar refractivity (Wildman–Crippen MR) is 117 cm³/mol. The molecule has 31 heavy (non-hydrogen) atoms. The minimum Gasteiger partial charge on any atom is -0.497 e. The Bertz CT molecular complexity index is 986. The van der Waals surface area contributed by atoms with Crippen LogP contribution in [-0.4, -0.2) is 79.3 Å². The molecule has 0 unspecified atom stereocenters. The van der Waals surface area contributed by atoms with Gasteiger partial charge in [-0.15, -0.1) is 0 Å². The number of nitriles is 1. The number of methoxy groups -OCH3 is 1. The highest BCUT2D eigenvalue weighted by molar-refractivity contribution is 5.83. The SMILES string of the molecule is COc1ccc2cc(N(C)C3CCN(CC(=O)N4C[C@@H](F)C[C@H]4C#N)CC3)cnc2c1. The Labute approximate surface area is 182 Å². The van der Waals surface area contributed by atoms with Gasteiger partial charge in [0.25, 0.3) is 0 Å². The average molecular weight is 426 g/mol. The quantitative estimate of drug-likeness (QED) is 0.733. The zero-order chi connectivity index (χ0) is 22.0. The fourth-order valence-electron chi connectivity index (χ4n) is 4.55. The molecule has 8 heteroatoms. The van der Waals surface area contributed by atoms with Crippen LogP contribution in [0.2, 0.25) is 0 Å². The summed E-state index contributed by atoms with van der Waals surface area (Å²) in [5.74, 6) is 0.646. The number of ether oxygens (including phenoxy) is 1. The summed E-state index contributed by atoms with van der Waals surface area (Å²) in [7, 11) is 3.73. The molecule has 2 aliphatic heterocycles. The average Bonchev–Trinajstić information content (AvgIpc) is 3.19. The number of alkyl halides is 1. The normalized spacial score (nSPS) is 22.5. The smallest absolute Gasteiger partial charge is 0.237 e. The molecule has 1 aromatic carbocycles. The van der Waals surface area contributed by atoms with E-state index in [9.17, 15) is 9.18 Å². The molecule has 4 rings (SSSR count). The van der Waals surface area contributed by atoms with Gasteiger partial charge in [0.15, 0.2) is 0 Å². The van der Waals surface area contributed by atoms with Gasteiger partial charge < -0.3 is 14.5 Å². The van der Waals surface area contributed by atoms with E-state index in [0.717, 1.165) is 48.3 Å². The molecule has 2 saturated heterocycles. The summed E-state index contributed by atoms with van der Waals surface area (Å²) >= 11 is 0. The van der Waals surface area contributed by atoms with Crippen LogP contribution in [0.15, 0.2) is 30.5 Å². The molecule has 0 aliphatic carbocycles. The summed E-state index contributed by atoms with van der Waals surface area (Å²) in [6.07, 6.45) is 2.78. The lowest BCUT2D eigenvalue weighted by atomic mass is 10.0. The maximum absolute atomic E-state index is 13.6. The summed E-state index contributed by atoms with van der Waals surface area (Å²) in [5.41, 5.74) is 1.97. The van der Waals surface area contributed by atoms with Gasteiger partial charge in [-0.3, -0.25) is 14.7 Å². The first-order valence-electron chi connectivity index (χ1n) is 10.7. The maximum atomic E-state index is 13.6. The molecule has 0 spiro atoms. The number of pyridine rings is 1. The molecule has 2 atom stereocenters. The van der Waals surface area contributed by atoms with Crippen molar-refractivity contribution >= 4 is 22.5 Å². The molecule has 2 aliphatic rings. The first-order valence-corrected chi connectivity index (χ1v) is 10.7. The van der Waals surface area contributed by atoms with E-state index in [0.29, 0.717) is 6.04 Å². The third-order valence-electron chi connectivity index (χ3n) is 6.47. The number of fused-ring (bicyclic) bond motifs is 1. The number of carbonyl (C=O) groups excluding carboxylic acids is 1. The monoisotopic (exact) mass is 425 g/mol. The Morgan fingerprint density at radius 1 is 1.35 bits per heavy atom. The van der Waals surface area contributed by atoms with E-state index in [1.54, 1.807) is 7.11 Å². The van der Waals surface area contributed by atoms with Crippen LogP contribution in [0.3, 0.4) is 0 Å². The third-order valence-corrected chi connectivity index (χ3v) is 6.47. The Kier molecular flexibility index (Phi) is 6.23. The van der Waals surface area contributed by atoms with Crippen LogP contribution in [0.25, 0.3) is 10.9 Å². The summed E-state index contributed by atoms with van der Waals surface area (Å²) in [4.78, 5) is 22.9. The number of anilines is 1. The second-order valence-corrected chi connectivity index (χ2v) is 8.39. The number of halogens is 1. The van der Waals surface area contributed by atoms with Crippen molar-refractivity contribution in [2.24, 2.45) is 0 Å². The molecule has 0 saturated carbocycles. The van der Waals surface area contributed by atoms with E-state index in [1.165, 1.54) is 4.90 Å². The number of rotatable bonds is 5. The van der Waals surface area contributed by atoms with Crippen LogP contribution in [0.5, 0.6) is 5.75 Å². The summed E-state index contributed by atoms with van der Waals surface area (Å²) in [6, 6.07) is 9.79. The number of benzene rings is 1. The minimum atomic E-state index is -1.09. The summed E-state index contributed by atoms with van der Waals surface area (Å²) in [6.45, 7) is 1.88. The van der Waals surface area contributed by atoms with E-state index in [2.05, 4.69) is 27.9 Å². The second-order valence-electron chi connectivity index (χ2n) is 8.39. The van der Waals surface area contributed by atoms with Gasteiger partial charge in [0.05, 0.1) is 43.7 Å².